The number of hydrogen-bond acceptors (Lipinski definition) is 5. The van der Waals surface area contributed by atoms with E-state index in [9.17, 15) is 9.59 Å². The van der Waals surface area contributed by atoms with E-state index < -0.39 is 5.97 Å². The highest BCUT2D eigenvalue weighted by atomic mass is 16.4. The van der Waals surface area contributed by atoms with Crippen molar-refractivity contribution >= 4 is 11.9 Å². The van der Waals surface area contributed by atoms with Gasteiger partial charge in [-0.1, -0.05) is 6.07 Å². The fraction of sp³-hybridized carbons (Fsp3) is 0.650. The van der Waals surface area contributed by atoms with Gasteiger partial charge in [-0.15, -0.1) is 0 Å². The quantitative estimate of drug-likeness (QED) is 0.749. The molecule has 0 aliphatic carbocycles. The van der Waals surface area contributed by atoms with Crippen LogP contribution in [0.1, 0.15) is 37.8 Å². The number of amides is 1. The second kappa shape index (κ2) is 9.80. The molecular formula is C20H30N4O3. The molecule has 0 saturated carbocycles. The minimum Gasteiger partial charge on any atom is -0.481 e. The lowest BCUT2D eigenvalue weighted by Gasteiger charge is -2.42. The largest absolute Gasteiger partial charge is 0.481 e. The molecule has 7 heteroatoms. The number of nitrogens with zero attached hydrogens (tertiary/aromatic N) is 3. The van der Waals surface area contributed by atoms with Crippen LogP contribution in [0.2, 0.25) is 0 Å². The lowest BCUT2D eigenvalue weighted by atomic mass is 9.93. The van der Waals surface area contributed by atoms with Crippen LogP contribution in [-0.2, 0) is 16.1 Å². The Morgan fingerprint density at radius 1 is 1.19 bits per heavy atom. The van der Waals surface area contributed by atoms with Gasteiger partial charge in [0.1, 0.15) is 0 Å². The lowest BCUT2D eigenvalue weighted by Crippen LogP contribution is -2.50. The SMILES string of the molecule is O=C(O)CCN1CCC(N2CCC[C@@H](C(=O)NCc3ccccn3)C2)CC1. The summed E-state index contributed by atoms with van der Waals surface area (Å²) in [6, 6.07) is 6.24. The van der Waals surface area contributed by atoms with Gasteiger partial charge in [-0.3, -0.25) is 19.5 Å². The highest BCUT2D eigenvalue weighted by Crippen LogP contribution is 2.24. The Kier molecular flexibility index (Phi) is 7.18. The Morgan fingerprint density at radius 2 is 2.00 bits per heavy atom. The fourth-order valence-electron chi connectivity index (χ4n) is 4.14. The van der Waals surface area contributed by atoms with Crippen LogP contribution in [0.3, 0.4) is 0 Å². The highest BCUT2D eigenvalue weighted by Gasteiger charge is 2.31. The molecule has 27 heavy (non-hydrogen) atoms. The van der Waals surface area contributed by atoms with Crippen molar-refractivity contribution in [1.82, 2.24) is 20.1 Å². The fourth-order valence-corrected chi connectivity index (χ4v) is 4.14. The number of piperidine rings is 2. The molecule has 1 aromatic rings. The van der Waals surface area contributed by atoms with Crippen molar-refractivity contribution in [2.45, 2.75) is 44.7 Å². The number of carbonyl (C=O) groups excluding carboxylic acids is 1. The van der Waals surface area contributed by atoms with E-state index in [1.165, 1.54) is 0 Å². The van der Waals surface area contributed by atoms with Gasteiger partial charge in [-0.25, -0.2) is 0 Å². The van der Waals surface area contributed by atoms with Gasteiger partial charge < -0.3 is 15.3 Å². The Morgan fingerprint density at radius 3 is 2.70 bits per heavy atom. The van der Waals surface area contributed by atoms with Crippen LogP contribution in [-0.4, -0.2) is 70.5 Å². The molecule has 0 spiro atoms. The van der Waals surface area contributed by atoms with Crippen LogP contribution in [0.25, 0.3) is 0 Å². The molecule has 1 atom stereocenters. The molecule has 148 valence electrons. The molecule has 3 heterocycles. The molecule has 0 aromatic carbocycles. The van der Waals surface area contributed by atoms with Crippen molar-refractivity contribution in [3.63, 3.8) is 0 Å². The smallest absolute Gasteiger partial charge is 0.304 e. The van der Waals surface area contributed by atoms with Crippen molar-refractivity contribution < 1.29 is 14.7 Å². The van der Waals surface area contributed by atoms with E-state index in [0.717, 1.165) is 57.6 Å². The number of nitrogens with one attached hydrogen (secondary N) is 1. The first-order valence-electron chi connectivity index (χ1n) is 9.97. The van der Waals surface area contributed by atoms with Gasteiger partial charge in [-0.05, 0) is 57.5 Å². The maximum absolute atomic E-state index is 12.6. The summed E-state index contributed by atoms with van der Waals surface area (Å²) in [6.07, 6.45) is 6.08. The summed E-state index contributed by atoms with van der Waals surface area (Å²) >= 11 is 0. The van der Waals surface area contributed by atoms with Crippen LogP contribution in [0, 0.1) is 5.92 Å². The standard InChI is InChI=1S/C20H30N4O3/c25-19(26)8-13-23-11-6-18(7-12-23)24-10-3-4-16(15-24)20(27)22-14-17-5-1-2-9-21-17/h1-2,5,9,16,18H,3-4,6-8,10-15H2,(H,22,27)(H,25,26)/t16-/m1/s1. The van der Waals surface area contributed by atoms with Gasteiger partial charge in [-0.2, -0.15) is 0 Å². The van der Waals surface area contributed by atoms with Gasteiger partial charge in [0.05, 0.1) is 24.6 Å². The van der Waals surface area contributed by atoms with E-state index in [1.54, 1.807) is 6.20 Å². The average molecular weight is 374 g/mol. The number of carboxylic acids is 1. The summed E-state index contributed by atoms with van der Waals surface area (Å²) in [4.78, 5) is 32.3. The zero-order chi connectivity index (χ0) is 19.1. The maximum Gasteiger partial charge on any atom is 0.304 e. The van der Waals surface area contributed by atoms with Crippen LogP contribution in [0.4, 0.5) is 0 Å². The van der Waals surface area contributed by atoms with Crippen molar-refractivity contribution in [2.24, 2.45) is 5.92 Å². The number of rotatable bonds is 7. The maximum atomic E-state index is 12.6. The molecule has 7 nitrogen and oxygen atoms in total. The second-order valence-electron chi connectivity index (χ2n) is 7.59. The minimum absolute atomic E-state index is 0.0486. The Hall–Kier alpha value is -1.99. The van der Waals surface area contributed by atoms with Crippen LogP contribution < -0.4 is 5.32 Å². The van der Waals surface area contributed by atoms with Crippen molar-refractivity contribution in [1.29, 1.82) is 0 Å². The molecule has 0 unspecified atom stereocenters. The molecule has 2 fully saturated rings. The Bertz CT molecular complexity index is 617. The molecule has 1 aromatic heterocycles. The lowest BCUT2D eigenvalue weighted by molar-refractivity contribution is -0.137. The van der Waals surface area contributed by atoms with Gasteiger partial charge in [0, 0.05) is 25.3 Å². The molecule has 2 aliphatic rings. The molecule has 2 saturated heterocycles. The summed E-state index contributed by atoms with van der Waals surface area (Å²) in [5.74, 6) is -0.551. The molecule has 2 aliphatic heterocycles. The third-order valence-electron chi connectivity index (χ3n) is 5.71. The summed E-state index contributed by atoms with van der Waals surface area (Å²) < 4.78 is 0. The Balaban J connectivity index is 1.42. The number of carboxylic acid groups (broad SMARTS) is 1. The third-order valence-corrected chi connectivity index (χ3v) is 5.71. The Labute approximate surface area is 160 Å². The van der Waals surface area contributed by atoms with Gasteiger partial charge in [0.25, 0.3) is 0 Å². The third kappa shape index (κ3) is 6.01. The van der Waals surface area contributed by atoms with Crippen LogP contribution in [0.15, 0.2) is 24.4 Å². The van der Waals surface area contributed by atoms with Crippen LogP contribution in [0.5, 0.6) is 0 Å². The van der Waals surface area contributed by atoms with E-state index in [1.807, 2.05) is 18.2 Å². The van der Waals surface area contributed by atoms with E-state index in [-0.39, 0.29) is 18.2 Å². The molecule has 0 radical (unpaired) electrons. The molecule has 1 amide bonds. The van der Waals surface area contributed by atoms with Crippen molar-refractivity contribution in [3.8, 4) is 0 Å². The zero-order valence-electron chi connectivity index (χ0n) is 15.8. The van der Waals surface area contributed by atoms with Gasteiger partial charge >= 0.3 is 5.97 Å². The first kappa shape index (κ1) is 19.8. The predicted molar refractivity (Wildman–Crippen MR) is 102 cm³/mol. The number of carbonyl (C=O) groups is 2. The number of aliphatic carboxylic acids is 1. The molecule has 3 rings (SSSR count). The summed E-state index contributed by atoms with van der Waals surface area (Å²) in [5.41, 5.74) is 0.882. The van der Waals surface area contributed by atoms with E-state index in [0.29, 0.717) is 19.1 Å². The molecule has 0 bridgehead atoms. The van der Waals surface area contributed by atoms with Gasteiger partial charge in [0.15, 0.2) is 0 Å². The monoisotopic (exact) mass is 374 g/mol. The predicted octanol–water partition coefficient (Wildman–Crippen LogP) is 1.35. The number of pyridine rings is 1. The first-order valence-corrected chi connectivity index (χ1v) is 9.97. The van der Waals surface area contributed by atoms with E-state index >= 15 is 0 Å². The topological polar surface area (TPSA) is 85.8 Å². The zero-order valence-corrected chi connectivity index (χ0v) is 15.8. The number of likely N-dealkylation sites (tertiary alicyclic amines) is 2. The van der Waals surface area contributed by atoms with Gasteiger partial charge in [0.2, 0.25) is 5.91 Å². The van der Waals surface area contributed by atoms with Crippen molar-refractivity contribution in [3.05, 3.63) is 30.1 Å². The minimum atomic E-state index is -0.729. The summed E-state index contributed by atoms with van der Waals surface area (Å²) in [7, 11) is 0. The van der Waals surface area contributed by atoms with E-state index in [2.05, 4.69) is 20.1 Å². The highest BCUT2D eigenvalue weighted by molar-refractivity contribution is 5.78. The van der Waals surface area contributed by atoms with E-state index in [4.69, 9.17) is 5.11 Å². The first-order chi connectivity index (χ1) is 13.1. The number of aromatic nitrogens is 1. The number of hydrogen-bond donors (Lipinski definition) is 2. The summed E-state index contributed by atoms with van der Waals surface area (Å²) in [5, 5.41) is 11.9. The second-order valence-corrected chi connectivity index (χ2v) is 7.59. The molecule has 2 N–H and O–H groups in total. The van der Waals surface area contributed by atoms with Crippen molar-refractivity contribution in [2.75, 3.05) is 32.7 Å². The summed E-state index contributed by atoms with van der Waals surface area (Å²) in [6.45, 7) is 4.91. The normalized spacial score (nSPS) is 22.4. The molecular weight excluding hydrogens is 344 g/mol. The average Bonchev–Trinajstić information content (AvgIpc) is 2.71. The van der Waals surface area contributed by atoms with Crippen LogP contribution >= 0.6 is 0 Å².